The largest absolute Gasteiger partial charge is 0.494 e. The topological polar surface area (TPSA) is 64.6 Å². The molecule has 1 aromatic carbocycles. The van der Waals surface area contributed by atoms with Crippen LogP contribution in [0.3, 0.4) is 0 Å². The van der Waals surface area contributed by atoms with Gasteiger partial charge in [-0.1, -0.05) is 38.8 Å². The average molecular weight is 359 g/mol. The molecule has 0 aliphatic heterocycles. The molecule has 0 aromatic heterocycles. The highest BCUT2D eigenvalue weighted by Gasteiger charge is 2.28. The van der Waals surface area contributed by atoms with E-state index in [4.69, 9.17) is 9.47 Å². The van der Waals surface area contributed by atoms with E-state index in [1.807, 2.05) is 31.2 Å². The Hall–Kier alpha value is -2.30. The summed E-state index contributed by atoms with van der Waals surface area (Å²) in [6.07, 6.45) is 6.30. The fourth-order valence-corrected chi connectivity index (χ4v) is 3.23. The van der Waals surface area contributed by atoms with E-state index >= 15 is 0 Å². The van der Waals surface area contributed by atoms with Crippen molar-refractivity contribution in [1.29, 1.82) is 0 Å². The van der Waals surface area contributed by atoms with E-state index in [0.29, 0.717) is 18.4 Å². The van der Waals surface area contributed by atoms with Gasteiger partial charge in [-0.05, 0) is 49.0 Å². The van der Waals surface area contributed by atoms with Crippen LogP contribution in [0.15, 0.2) is 30.3 Å². The zero-order valence-electron chi connectivity index (χ0n) is 15.9. The molecule has 5 heteroatoms. The lowest BCUT2D eigenvalue weighted by Crippen LogP contribution is -2.45. The molecule has 1 fully saturated rings. The molecule has 1 amide bonds. The van der Waals surface area contributed by atoms with Crippen molar-refractivity contribution in [2.24, 2.45) is 11.8 Å². The van der Waals surface area contributed by atoms with Crippen molar-refractivity contribution in [1.82, 2.24) is 5.32 Å². The molecule has 1 N–H and O–H groups in total. The number of hydrogen-bond acceptors (Lipinski definition) is 4. The van der Waals surface area contributed by atoms with E-state index in [-0.39, 0.29) is 18.6 Å². The van der Waals surface area contributed by atoms with Crippen LogP contribution in [0.2, 0.25) is 0 Å². The summed E-state index contributed by atoms with van der Waals surface area (Å²) >= 11 is 0. The Bertz CT molecular complexity index is 623. The summed E-state index contributed by atoms with van der Waals surface area (Å²) in [6, 6.07) is 7.56. The van der Waals surface area contributed by atoms with Crippen molar-refractivity contribution in [3.8, 4) is 5.75 Å². The SMILES string of the molecule is CCOc1ccc(/C=C/C(=O)OCC(=O)N[C@@H]2CCC[C@@H](C)[C@@H]2C)cc1. The van der Waals surface area contributed by atoms with Crippen LogP contribution in [0.4, 0.5) is 0 Å². The highest BCUT2D eigenvalue weighted by atomic mass is 16.5. The summed E-state index contributed by atoms with van der Waals surface area (Å²) < 4.78 is 10.4. The minimum atomic E-state index is -0.529. The van der Waals surface area contributed by atoms with E-state index in [1.54, 1.807) is 6.08 Å². The van der Waals surface area contributed by atoms with Gasteiger partial charge in [-0.25, -0.2) is 4.79 Å². The van der Waals surface area contributed by atoms with Gasteiger partial charge in [-0.15, -0.1) is 0 Å². The zero-order valence-corrected chi connectivity index (χ0v) is 15.9. The monoisotopic (exact) mass is 359 g/mol. The zero-order chi connectivity index (χ0) is 18.9. The van der Waals surface area contributed by atoms with Crippen molar-refractivity contribution in [3.63, 3.8) is 0 Å². The van der Waals surface area contributed by atoms with Crippen LogP contribution in [0.5, 0.6) is 5.75 Å². The predicted octanol–water partition coefficient (Wildman–Crippen LogP) is 3.58. The van der Waals surface area contributed by atoms with Crippen molar-refractivity contribution < 1.29 is 19.1 Å². The molecule has 0 saturated heterocycles. The maximum Gasteiger partial charge on any atom is 0.331 e. The van der Waals surface area contributed by atoms with Crippen LogP contribution in [0.25, 0.3) is 6.08 Å². The summed E-state index contributed by atoms with van der Waals surface area (Å²) in [4.78, 5) is 23.8. The molecular formula is C21H29NO4. The average Bonchev–Trinajstić information content (AvgIpc) is 2.63. The van der Waals surface area contributed by atoms with E-state index < -0.39 is 5.97 Å². The molecular weight excluding hydrogens is 330 g/mol. The molecule has 5 nitrogen and oxygen atoms in total. The standard InChI is InChI=1S/C21H29NO4/c1-4-25-18-11-8-17(9-12-18)10-13-21(24)26-14-20(23)22-19-7-5-6-15(2)16(19)3/h8-13,15-16,19H,4-7,14H2,1-3H3,(H,22,23)/b13-10+/t15-,16+,19-/m1/s1. The lowest BCUT2D eigenvalue weighted by Gasteiger charge is -2.34. The van der Waals surface area contributed by atoms with Crippen LogP contribution < -0.4 is 10.1 Å². The van der Waals surface area contributed by atoms with Crippen LogP contribution in [-0.4, -0.2) is 31.1 Å². The van der Waals surface area contributed by atoms with Crippen LogP contribution in [-0.2, 0) is 14.3 Å². The summed E-state index contributed by atoms with van der Waals surface area (Å²) in [5, 5.41) is 2.99. The number of rotatable bonds is 7. The van der Waals surface area contributed by atoms with Crippen molar-refractivity contribution in [2.75, 3.05) is 13.2 Å². The van der Waals surface area contributed by atoms with Crippen molar-refractivity contribution in [2.45, 2.75) is 46.1 Å². The van der Waals surface area contributed by atoms with Crippen molar-refractivity contribution in [3.05, 3.63) is 35.9 Å². The molecule has 0 spiro atoms. The van der Waals surface area contributed by atoms with E-state index in [2.05, 4.69) is 19.2 Å². The van der Waals surface area contributed by atoms with Gasteiger partial charge in [0.05, 0.1) is 6.61 Å². The first kappa shape index (κ1) is 20.0. The van der Waals surface area contributed by atoms with Crippen LogP contribution in [0, 0.1) is 11.8 Å². The minimum Gasteiger partial charge on any atom is -0.494 e. The Labute approximate surface area is 155 Å². The van der Waals surface area contributed by atoms with Gasteiger partial charge in [-0.2, -0.15) is 0 Å². The molecule has 1 aliphatic carbocycles. The number of hydrogen-bond donors (Lipinski definition) is 1. The van der Waals surface area contributed by atoms with E-state index in [9.17, 15) is 9.59 Å². The molecule has 1 saturated carbocycles. The molecule has 26 heavy (non-hydrogen) atoms. The lowest BCUT2D eigenvalue weighted by atomic mass is 9.78. The third kappa shape index (κ3) is 6.21. The van der Waals surface area contributed by atoms with E-state index in [0.717, 1.165) is 24.2 Å². The fourth-order valence-electron chi connectivity index (χ4n) is 3.23. The minimum absolute atomic E-state index is 0.171. The number of amides is 1. The highest BCUT2D eigenvalue weighted by molar-refractivity contribution is 5.89. The summed E-state index contributed by atoms with van der Waals surface area (Å²) in [5.41, 5.74) is 0.861. The highest BCUT2D eigenvalue weighted by Crippen LogP contribution is 2.29. The lowest BCUT2D eigenvalue weighted by molar-refractivity contribution is -0.144. The first-order chi connectivity index (χ1) is 12.5. The van der Waals surface area contributed by atoms with Gasteiger partial charge in [0, 0.05) is 12.1 Å². The normalized spacial score (nSPS) is 22.8. The Balaban J connectivity index is 1.74. The third-order valence-corrected chi connectivity index (χ3v) is 5.00. The Kier molecular flexibility index (Phi) is 7.70. The number of nitrogens with one attached hydrogen (secondary N) is 1. The Morgan fingerprint density at radius 2 is 1.92 bits per heavy atom. The quantitative estimate of drug-likeness (QED) is 0.597. The summed E-state index contributed by atoms with van der Waals surface area (Å²) in [7, 11) is 0. The second kappa shape index (κ2) is 10.00. The van der Waals surface area contributed by atoms with Gasteiger partial charge in [0.1, 0.15) is 5.75 Å². The molecule has 3 atom stereocenters. The number of carbonyl (C=O) groups is 2. The van der Waals surface area contributed by atoms with Gasteiger partial charge < -0.3 is 14.8 Å². The fraction of sp³-hybridized carbons (Fsp3) is 0.524. The van der Waals surface area contributed by atoms with Gasteiger partial charge in [-0.3, -0.25) is 4.79 Å². The van der Waals surface area contributed by atoms with Gasteiger partial charge in [0.25, 0.3) is 5.91 Å². The second-order valence-corrected chi connectivity index (χ2v) is 6.88. The van der Waals surface area contributed by atoms with Crippen LogP contribution >= 0.6 is 0 Å². The molecule has 1 aliphatic rings. The van der Waals surface area contributed by atoms with Gasteiger partial charge in [0.15, 0.2) is 6.61 Å². The first-order valence-electron chi connectivity index (χ1n) is 9.36. The van der Waals surface area contributed by atoms with E-state index in [1.165, 1.54) is 12.5 Å². The summed E-state index contributed by atoms with van der Waals surface area (Å²) in [6.45, 7) is 6.68. The molecule has 0 bridgehead atoms. The Morgan fingerprint density at radius 1 is 1.19 bits per heavy atom. The van der Waals surface area contributed by atoms with Gasteiger partial charge >= 0.3 is 5.97 Å². The molecule has 0 unspecified atom stereocenters. The molecule has 142 valence electrons. The Morgan fingerprint density at radius 3 is 2.62 bits per heavy atom. The summed E-state index contributed by atoms with van der Waals surface area (Å²) in [5.74, 6) is 1.07. The number of carbonyl (C=O) groups excluding carboxylic acids is 2. The molecule has 1 aromatic rings. The molecule has 0 radical (unpaired) electrons. The maximum atomic E-state index is 12.0. The number of esters is 1. The first-order valence-corrected chi connectivity index (χ1v) is 9.36. The second-order valence-electron chi connectivity index (χ2n) is 6.88. The molecule has 0 heterocycles. The number of benzene rings is 1. The molecule has 2 rings (SSSR count). The van der Waals surface area contributed by atoms with Crippen molar-refractivity contribution >= 4 is 18.0 Å². The van der Waals surface area contributed by atoms with Gasteiger partial charge in [0.2, 0.25) is 0 Å². The third-order valence-electron chi connectivity index (χ3n) is 5.00. The predicted molar refractivity (Wildman–Crippen MR) is 102 cm³/mol. The van der Waals surface area contributed by atoms with Crippen LogP contribution in [0.1, 0.15) is 45.6 Å². The number of ether oxygens (including phenoxy) is 2. The smallest absolute Gasteiger partial charge is 0.331 e. The maximum absolute atomic E-state index is 12.0.